The average molecular weight is 1420 g/mol. The van der Waals surface area contributed by atoms with Crippen molar-refractivity contribution in [3.8, 4) is 89.0 Å². The third-order valence-electron chi connectivity index (χ3n) is 19.2. The van der Waals surface area contributed by atoms with Crippen LogP contribution in [0.4, 0.5) is 5.69 Å². The largest absolute Gasteiger partial charge is 0.370 e. The van der Waals surface area contributed by atoms with Crippen LogP contribution >= 0.6 is 0 Å². The van der Waals surface area contributed by atoms with E-state index in [-0.39, 0.29) is 41.6 Å². The van der Waals surface area contributed by atoms with E-state index < -0.39 is 0 Å². The van der Waals surface area contributed by atoms with E-state index in [1.807, 2.05) is 128 Å². The van der Waals surface area contributed by atoms with Crippen molar-refractivity contribution in [3.63, 3.8) is 0 Å². The number of fused-ring (bicyclic) bond motifs is 4. The Bertz CT molecular complexity index is 5830. The molecule has 15 aromatic rings. The molecule has 0 spiro atoms. The number of carbonyl (C=O) groups excluding carboxylic acids is 5. The summed E-state index contributed by atoms with van der Waals surface area (Å²) in [7, 11) is 0. The van der Waals surface area contributed by atoms with E-state index in [1.165, 1.54) is 0 Å². The Morgan fingerprint density at radius 2 is 0.741 bits per heavy atom. The molecule has 1 aliphatic heterocycles. The molecule has 5 amide bonds. The first-order chi connectivity index (χ1) is 52.5. The van der Waals surface area contributed by atoms with Gasteiger partial charge in [0.2, 0.25) is 29.5 Å². The molecule has 0 saturated carbocycles. The predicted molar refractivity (Wildman–Crippen MR) is 433 cm³/mol. The standard InChI is InChI=1S/C24H22N2O2.C23H21N3O.C22H19N3O2.C22H19N3O/c25-23(27)12-9-19-14-18(16-4-2-1-3-5-16)8-11-21(19)20-7-6-17-10-13-24(28)26-22(17)15-20;1-15-25-21-9-5-8-20(23(21)26-15)19-12-10-17(16-6-3-2-4-7-16)14-18(19)11-13-22(24)27;23-21(26)11-8-16-12-15(14-4-2-1-3-5-14)6-9-18(16)17-7-10-19-20(13-17)25-22(27)24-19;23-21(26)12-10-17-13-16(15-5-2-1-3-6-15)9-11-18(17)19-7-4-8-20-22(19)25-14-24-20/h1-8,11,14-15H,9-10,12-13H2,(H2,25,27)(H,26,28);2-10,12,14H,11,13H2,1H3,(H2,24,27)(H,25,26);1-7,9-10,12-13H,8,11H2,(H2,23,26)(H2,24,25,27);1-9,11,13-14H,10,12H2,(H2,23,26)(H,24,25). The number of nitrogens with zero attached hydrogens (tertiary/aromatic N) is 2. The number of aromatic nitrogens is 6. The molecule has 17 heteroatoms. The lowest BCUT2D eigenvalue weighted by atomic mass is 9.91. The Balaban J connectivity index is 0.000000127. The first kappa shape index (κ1) is 72.5. The van der Waals surface area contributed by atoms with Crippen LogP contribution < -0.4 is 33.9 Å². The van der Waals surface area contributed by atoms with Crippen molar-refractivity contribution in [2.45, 2.75) is 71.1 Å². The summed E-state index contributed by atoms with van der Waals surface area (Å²) in [5.74, 6) is -0.278. The highest BCUT2D eigenvalue weighted by molar-refractivity contribution is 5.97. The number of benzene rings is 12. The number of anilines is 1. The second-order valence-electron chi connectivity index (χ2n) is 26.7. The van der Waals surface area contributed by atoms with Gasteiger partial charge in [0, 0.05) is 48.9 Å². The highest BCUT2D eigenvalue weighted by atomic mass is 16.2. The maximum atomic E-state index is 11.8. The van der Waals surface area contributed by atoms with Gasteiger partial charge in [0.15, 0.2) is 0 Å². The van der Waals surface area contributed by atoms with Crippen molar-refractivity contribution in [2.24, 2.45) is 22.9 Å². The number of hydrogen-bond donors (Lipinski definition) is 9. The van der Waals surface area contributed by atoms with Crippen molar-refractivity contribution in [1.82, 2.24) is 29.9 Å². The van der Waals surface area contributed by atoms with Crippen LogP contribution in [0.1, 0.15) is 65.7 Å². The van der Waals surface area contributed by atoms with E-state index in [4.69, 9.17) is 22.9 Å². The summed E-state index contributed by atoms with van der Waals surface area (Å²) in [6, 6.07) is 90.3. The maximum Gasteiger partial charge on any atom is 0.323 e. The molecular formula is C91H81N11O6. The number of nitrogens with two attached hydrogens (primary N) is 4. The zero-order valence-corrected chi connectivity index (χ0v) is 59.7. The van der Waals surface area contributed by atoms with Gasteiger partial charge in [-0.15, -0.1) is 0 Å². The first-order valence-corrected chi connectivity index (χ1v) is 35.9. The summed E-state index contributed by atoms with van der Waals surface area (Å²) in [4.78, 5) is 89.8. The van der Waals surface area contributed by atoms with Gasteiger partial charge in [0.1, 0.15) is 5.82 Å². The fraction of sp³-hybridized carbons (Fsp3) is 0.121. The molecule has 0 radical (unpaired) electrons. The molecule has 4 heterocycles. The normalized spacial score (nSPS) is 11.5. The molecule has 108 heavy (non-hydrogen) atoms. The van der Waals surface area contributed by atoms with Crippen molar-refractivity contribution < 1.29 is 24.0 Å². The zero-order valence-electron chi connectivity index (χ0n) is 59.7. The minimum absolute atomic E-state index is 0.0537. The van der Waals surface area contributed by atoms with Crippen molar-refractivity contribution in [2.75, 3.05) is 5.32 Å². The molecule has 536 valence electrons. The Hall–Kier alpha value is -13.8. The number of aromatic amines is 4. The van der Waals surface area contributed by atoms with E-state index in [9.17, 15) is 28.8 Å². The van der Waals surface area contributed by atoms with E-state index in [1.54, 1.807) is 6.33 Å². The van der Waals surface area contributed by atoms with E-state index >= 15 is 0 Å². The van der Waals surface area contributed by atoms with Crippen LogP contribution in [-0.2, 0) is 56.1 Å². The van der Waals surface area contributed by atoms with Gasteiger partial charge in [0.05, 0.1) is 39.4 Å². The molecule has 0 saturated heterocycles. The molecule has 12 aromatic carbocycles. The number of nitrogens with one attached hydrogen (secondary N) is 5. The lowest BCUT2D eigenvalue weighted by Crippen LogP contribution is -2.18. The molecular weight excluding hydrogens is 1340 g/mol. The first-order valence-electron chi connectivity index (χ1n) is 35.9. The molecule has 17 nitrogen and oxygen atoms in total. The number of amides is 5. The molecule has 0 bridgehead atoms. The molecule has 0 unspecified atom stereocenters. The van der Waals surface area contributed by atoms with Gasteiger partial charge in [-0.1, -0.05) is 237 Å². The smallest absolute Gasteiger partial charge is 0.323 e. The molecule has 1 aliphatic rings. The summed E-state index contributed by atoms with van der Waals surface area (Å²) in [5.41, 5.74) is 50.5. The number of primary amides is 4. The molecule has 16 rings (SSSR count). The van der Waals surface area contributed by atoms with Gasteiger partial charge < -0.3 is 48.2 Å². The fourth-order valence-electron chi connectivity index (χ4n) is 13.9. The van der Waals surface area contributed by atoms with E-state index in [0.717, 1.165) is 168 Å². The third-order valence-corrected chi connectivity index (χ3v) is 19.2. The minimum atomic E-state index is -0.323. The monoisotopic (exact) mass is 1420 g/mol. The van der Waals surface area contributed by atoms with Gasteiger partial charge in [-0.25, -0.2) is 14.8 Å². The third kappa shape index (κ3) is 17.9. The van der Waals surface area contributed by atoms with Crippen LogP contribution in [0.5, 0.6) is 0 Å². The Morgan fingerprint density at radius 3 is 1.20 bits per heavy atom. The van der Waals surface area contributed by atoms with E-state index in [2.05, 4.69) is 181 Å². The zero-order chi connectivity index (χ0) is 75.0. The number of hydrogen-bond acceptors (Lipinski definition) is 8. The predicted octanol–water partition coefficient (Wildman–Crippen LogP) is 16.9. The molecule has 3 aromatic heterocycles. The van der Waals surface area contributed by atoms with Gasteiger partial charge in [-0.3, -0.25) is 24.0 Å². The Labute approximate surface area is 624 Å². The molecule has 0 fully saturated rings. The maximum absolute atomic E-state index is 11.8. The van der Waals surface area contributed by atoms with Crippen LogP contribution in [0, 0.1) is 6.92 Å². The lowest BCUT2D eigenvalue weighted by Gasteiger charge is -2.19. The lowest BCUT2D eigenvalue weighted by molar-refractivity contribution is -0.118. The number of carbonyl (C=O) groups is 5. The van der Waals surface area contributed by atoms with Crippen LogP contribution in [-0.4, -0.2) is 59.4 Å². The quantitative estimate of drug-likeness (QED) is 0.0352. The van der Waals surface area contributed by atoms with Crippen molar-refractivity contribution >= 4 is 68.3 Å². The van der Waals surface area contributed by atoms with Gasteiger partial charge in [-0.05, 0) is 175 Å². The van der Waals surface area contributed by atoms with Crippen LogP contribution in [0.3, 0.4) is 0 Å². The van der Waals surface area contributed by atoms with Gasteiger partial charge >= 0.3 is 5.69 Å². The number of rotatable bonds is 20. The van der Waals surface area contributed by atoms with Gasteiger partial charge in [0.25, 0.3) is 0 Å². The minimum Gasteiger partial charge on any atom is -0.370 e. The topological polar surface area (TPSA) is 307 Å². The Morgan fingerprint density at radius 1 is 0.343 bits per heavy atom. The number of imidazole rings is 3. The summed E-state index contributed by atoms with van der Waals surface area (Å²) < 4.78 is 0. The summed E-state index contributed by atoms with van der Waals surface area (Å²) >= 11 is 0. The number of para-hydroxylation sites is 2. The summed E-state index contributed by atoms with van der Waals surface area (Å²) in [6.45, 7) is 1.95. The summed E-state index contributed by atoms with van der Waals surface area (Å²) in [5, 5.41) is 2.96. The molecule has 13 N–H and O–H groups in total. The Kier molecular flexibility index (Phi) is 22.7. The second kappa shape index (κ2) is 33.8. The number of aryl methyl sites for hydroxylation is 6. The van der Waals surface area contributed by atoms with Crippen LogP contribution in [0.25, 0.3) is 122 Å². The average Bonchev–Trinajstić information content (AvgIpc) is 1.49. The summed E-state index contributed by atoms with van der Waals surface area (Å²) in [6.07, 6.45) is 6.57. The highest BCUT2D eigenvalue weighted by Crippen LogP contribution is 2.38. The number of H-pyrrole nitrogens is 4. The van der Waals surface area contributed by atoms with Crippen molar-refractivity contribution in [3.05, 3.63) is 317 Å². The van der Waals surface area contributed by atoms with E-state index in [0.29, 0.717) is 51.4 Å². The highest BCUT2D eigenvalue weighted by Gasteiger charge is 2.20. The fourth-order valence-corrected chi connectivity index (χ4v) is 13.9. The van der Waals surface area contributed by atoms with Crippen molar-refractivity contribution in [1.29, 1.82) is 0 Å². The van der Waals surface area contributed by atoms with Crippen LogP contribution in [0.15, 0.2) is 278 Å². The van der Waals surface area contributed by atoms with Crippen LogP contribution in [0.2, 0.25) is 0 Å². The SMILES string of the molecule is Cc1nc2c(-c3ccc(-c4ccccc4)cc3CCC(N)=O)cccc2[nH]1.NC(=O)CCc1cc(-c2ccccc2)ccc1-c1ccc2[nH]c(=O)[nH]c2c1.NC(=O)CCc1cc(-c2ccccc2)ccc1-c1ccc2c(c1)NC(=O)CC2.NC(=O)CCc1cc(-c2ccccc2)ccc1-c1cccc2[nH]cnc12. The van der Waals surface area contributed by atoms with Gasteiger partial charge in [-0.2, -0.15) is 0 Å². The second-order valence-corrected chi connectivity index (χ2v) is 26.7. The molecule has 0 aliphatic carbocycles. The molecule has 0 atom stereocenters.